The zero-order valence-electron chi connectivity index (χ0n) is 13.5. The van der Waals surface area contributed by atoms with Crippen LogP contribution in [-0.2, 0) is 11.3 Å². The molecule has 1 atom stereocenters. The number of carbonyl (C=O) groups is 2. The molecule has 1 saturated heterocycles. The third kappa shape index (κ3) is 3.53. The molecule has 3 rings (SSSR count). The van der Waals surface area contributed by atoms with Crippen LogP contribution in [0.15, 0.2) is 48.7 Å². The van der Waals surface area contributed by atoms with E-state index in [-0.39, 0.29) is 17.9 Å². The van der Waals surface area contributed by atoms with Gasteiger partial charge in [0.2, 0.25) is 5.91 Å². The van der Waals surface area contributed by atoms with Crippen LogP contribution in [0.2, 0.25) is 0 Å². The number of benzene rings is 1. The lowest BCUT2D eigenvalue weighted by Crippen LogP contribution is -2.54. The second kappa shape index (κ2) is 7.12. The van der Waals surface area contributed by atoms with E-state index in [4.69, 9.17) is 0 Å². The molecule has 1 aromatic carbocycles. The van der Waals surface area contributed by atoms with Gasteiger partial charge in [0.1, 0.15) is 11.7 Å². The van der Waals surface area contributed by atoms with Crippen LogP contribution in [-0.4, -0.2) is 35.9 Å². The first-order valence-electron chi connectivity index (χ1n) is 7.97. The van der Waals surface area contributed by atoms with Crippen LogP contribution in [0.1, 0.15) is 23.0 Å². The normalized spacial score (nSPS) is 17.3. The molecule has 124 valence electrons. The predicted molar refractivity (Wildman–Crippen MR) is 91.7 cm³/mol. The monoisotopic (exact) mass is 324 g/mol. The molecule has 0 radical (unpaired) electrons. The molecule has 1 aliphatic rings. The van der Waals surface area contributed by atoms with Crippen molar-refractivity contribution < 1.29 is 9.59 Å². The van der Waals surface area contributed by atoms with Crippen LogP contribution in [0.4, 0.5) is 5.69 Å². The van der Waals surface area contributed by atoms with E-state index in [1.54, 1.807) is 12.3 Å². The lowest BCUT2D eigenvalue weighted by molar-refractivity contribution is -0.122. The van der Waals surface area contributed by atoms with E-state index >= 15 is 0 Å². The summed E-state index contributed by atoms with van der Waals surface area (Å²) in [6.45, 7) is 3.61. The van der Waals surface area contributed by atoms with Crippen molar-refractivity contribution in [2.45, 2.75) is 19.5 Å². The Morgan fingerprint density at radius 1 is 1.33 bits per heavy atom. The largest absolute Gasteiger partial charge is 0.358 e. The molecule has 1 fully saturated rings. The summed E-state index contributed by atoms with van der Waals surface area (Å²) in [5.41, 5.74) is 2.21. The van der Waals surface area contributed by atoms with E-state index in [0.717, 1.165) is 11.3 Å². The van der Waals surface area contributed by atoms with E-state index in [9.17, 15) is 9.59 Å². The number of nitrogens with zero attached hydrogens (tertiary/aromatic N) is 2. The minimum Gasteiger partial charge on any atom is -0.358 e. The smallest absolute Gasteiger partial charge is 0.270 e. The second-order valence-corrected chi connectivity index (χ2v) is 5.73. The summed E-state index contributed by atoms with van der Waals surface area (Å²) in [5.74, 6) is -0.233. The fraction of sp³-hybridized carbons (Fsp3) is 0.278. The highest BCUT2D eigenvalue weighted by Gasteiger charge is 2.26. The molecule has 0 spiro atoms. The molecule has 6 nitrogen and oxygen atoms in total. The lowest BCUT2D eigenvalue weighted by atomic mass is 10.1. The minimum atomic E-state index is -0.263. The van der Waals surface area contributed by atoms with Crippen LogP contribution in [0, 0.1) is 0 Å². The van der Waals surface area contributed by atoms with Gasteiger partial charge in [-0.1, -0.05) is 30.3 Å². The number of carbonyl (C=O) groups excluding carboxylic acids is 2. The van der Waals surface area contributed by atoms with Gasteiger partial charge in [-0.25, -0.2) is 0 Å². The Bertz CT molecular complexity index is 733. The average Bonchev–Trinajstić information content (AvgIpc) is 2.63. The van der Waals surface area contributed by atoms with E-state index in [0.29, 0.717) is 25.3 Å². The van der Waals surface area contributed by atoms with E-state index in [1.807, 2.05) is 48.2 Å². The SMILES string of the molecule is CC1C(=O)NCCN1c1ccnc(C(=O)NCc2ccccc2)c1. The van der Waals surface area contributed by atoms with Crippen molar-refractivity contribution in [1.29, 1.82) is 0 Å². The maximum atomic E-state index is 12.3. The van der Waals surface area contributed by atoms with E-state index in [1.165, 1.54) is 0 Å². The molecule has 2 aromatic rings. The van der Waals surface area contributed by atoms with Crippen molar-refractivity contribution in [2.75, 3.05) is 18.0 Å². The summed E-state index contributed by atoms with van der Waals surface area (Å²) in [5, 5.41) is 5.70. The van der Waals surface area contributed by atoms with Crippen LogP contribution < -0.4 is 15.5 Å². The van der Waals surface area contributed by atoms with Crippen molar-refractivity contribution in [3.8, 4) is 0 Å². The van der Waals surface area contributed by atoms with Gasteiger partial charge in [0.05, 0.1) is 0 Å². The van der Waals surface area contributed by atoms with Crippen LogP contribution in [0.3, 0.4) is 0 Å². The Morgan fingerprint density at radius 3 is 2.92 bits per heavy atom. The third-order valence-electron chi connectivity index (χ3n) is 4.10. The number of nitrogens with one attached hydrogen (secondary N) is 2. The maximum Gasteiger partial charge on any atom is 0.270 e. The van der Waals surface area contributed by atoms with E-state index in [2.05, 4.69) is 15.6 Å². The number of hydrogen-bond acceptors (Lipinski definition) is 4. The quantitative estimate of drug-likeness (QED) is 0.890. The molecule has 2 amide bonds. The Hall–Kier alpha value is -2.89. The number of amides is 2. The summed E-state index contributed by atoms with van der Waals surface area (Å²) in [4.78, 5) is 30.3. The molecule has 2 heterocycles. The summed E-state index contributed by atoms with van der Waals surface area (Å²) in [6.07, 6.45) is 1.60. The topological polar surface area (TPSA) is 74.3 Å². The highest BCUT2D eigenvalue weighted by atomic mass is 16.2. The maximum absolute atomic E-state index is 12.3. The Morgan fingerprint density at radius 2 is 2.12 bits per heavy atom. The molecule has 1 aromatic heterocycles. The zero-order chi connectivity index (χ0) is 16.9. The van der Waals surface area contributed by atoms with Gasteiger partial charge in [-0.2, -0.15) is 0 Å². The van der Waals surface area contributed by atoms with Gasteiger partial charge in [0, 0.05) is 31.5 Å². The van der Waals surface area contributed by atoms with Crippen molar-refractivity contribution in [1.82, 2.24) is 15.6 Å². The lowest BCUT2D eigenvalue weighted by Gasteiger charge is -2.34. The Kier molecular flexibility index (Phi) is 4.74. The highest BCUT2D eigenvalue weighted by Crippen LogP contribution is 2.19. The standard InChI is InChI=1S/C18H20N4O2/c1-13-17(23)20-9-10-22(13)15-7-8-19-16(11-15)18(24)21-12-14-5-3-2-4-6-14/h2-8,11,13H,9-10,12H2,1H3,(H,20,23)(H,21,24). The summed E-state index contributed by atoms with van der Waals surface area (Å²) in [7, 11) is 0. The number of aromatic nitrogens is 1. The first-order valence-corrected chi connectivity index (χ1v) is 7.97. The third-order valence-corrected chi connectivity index (χ3v) is 4.10. The van der Waals surface area contributed by atoms with Gasteiger partial charge in [-0.15, -0.1) is 0 Å². The van der Waals surface area contributed by atoms with Crippen LogP contribution >= 0.6 is 0 Å². The van der Waals surface area contributed by atoms with Gasteiger partial charge >= 0.3 is 0 Å². The average molecular weight is 324 g/mol. The first-order chi connectivity index (χ1) is 11.6. The minimum absolute atomic E-state index is 0.00635. The predicted octanol–water partition coefficient (Wildman–Crippen LogP) is 1.34. The first kappa shape index (κ1) is 16.0. The number of rotatable bonds is 4. The molecule has 0 saturated carbocycles. The number of hydrogen-bond donors (Lipinski definition) is 2. The fourth-order valence-electron chi connectivity index (χ4n) is 2.73. The Labute approximate surface area is 140 Å². The van der Waals surface area contributed by atoms with Gasteiger partial charge in [0.15, 0.2) is 0 Å². The molecule has 0 aliphatic carbocycles. The molecule has 24 heavy (non-hydrogen) atoms. The Balaban J connectivity index is 1.70. The molecular formula is C18H20N4O2. The van der Waals surface area contributed by atoms with Gasteiger partial charge in [-0.05, 0) is 24.6 Å². The number of piperazine rings is 1. The van der Waals surface area contributed by atoms with Gasteiger partial charge in [0.25, 0.3) is 5.91 Å². The zero-order valence-corrected chi connectivity index (χ0v) is 13.5. The van der Waals surface area contributed by atoms with Crippen LogP contribution in [0.5, 0.6) is 0 Å². The molecule has 1 unspecified atom stereocenters. The van der Waals surface area contributed by atoms with Crippen LogP contribution in [0.25, 0.3) is 0 Å². The molecule has 6 heteroatoms. The van der Waals surface area contributed by atoms with Crippen molar-refractivity contribution >= 4 is 17.5 Å². The fourth-order valence-corrected chi connectivity index (χ4v) is 2.73. The molecule has 0 bridgehead atoms. The summed E-state index contributed by atoms with van der Waals surface area (Å²) in [6, 6.07) is 13.0. The summed E-state index contributed by atoms with van der Waals surface area (Å²) >= 11 is 0. The number of anilines is 1. The second-order valence-electron chi connectivity index (χ2n) is 5.73. The van der Waals surface area contributed by atoms with Crippen molar-refractivity contribution in [3.63, 3.8) is 0 Å². The molecule has 2 N–H and O–H groups in total. The van der Waals surface area contributed by atoms with Crippen molar-refractivity contribution in [2.24, 2.45) is 0 Å². The van der Waals surface area contributed by atoms with E-state index < -0.39 is 0 Å². The summed E-state index contributed by atoms with van der Waals surface area (Å²) < 4.78 is 0. The van der Waals surface area contributed by atoms with Crippen molar-refractivity contribution in [3.05, 3.63) is 59.9 Å². The molecular weight excluding hydrogens is 304 g/mol. The van der Waals surface area contributed by atoms with Gasteiger partial charge in [-0.3, -0.25) is 14.6 Å². The molecule has 1 aliphatic heterocycles. The number of pyridine rings is 1. The highest BCUT2D eigenvalue weighted by molar-refractivity contribution is 5.93. The van der Waals surface area contributed by atoms with Gasteiger partial charge < -0.3 is 15.5 Å².